The minimum Gasteiger partial charge on any atom is -0.480 e. The van der Waals surface area contributed by atoms with Crippen molar-refractivity contribution in [2.75, 3.05) is 19.1 Å². The van der Waals surface area contributed by atoms with Gasteiger partial charge in [0, 0.05) is 36.4 Å². The Balaban J connectivity index is 0.000000355. The summed E-state index contributed by atoms with van der Waals surface area (Å²) < 4.78 is 118. The number of sulfonamides is 1. The van der Waals surface area contributed by atoms with Crippen LogP contribution >= 0.6 is 42.2 Å². The van der Waals surface area contributed by atoms with Crippen molar-refractivity contribution in [3.8, 4) is 17.2 Å². The molecule has 6 N–H and O–H groups in total. The normalized spacial score (nSPS) is 13.3. The zero-order valence-corrected chi connectivity index (χ0v) is 36.0. The van der Waals surface area contributed by atoms with E-state index in [9.17, 15) is 68.6 Å². The van der Waals surface area contributed by atoms with Crippen LogP contribution in [0, 0.1) is 22.9 Å². The Kier molecular flexibility index (Phi) is 18.7. The molecule has 0 aliphatic heterocycles. The van der Waals surface area contributed by atoms with Crippen molar-refractivity contribution in [2.45, 2.75) is 43.9 Å². The van der Waals surface area contributed by atoms with Gasteiger partial charge in [-0.15, -0.1) is 16.7 Å². The van der Waals surface area contributed by atoms with Crippen LogP contribution in [0.15, 0.2) is 53.3 Å². The SMILES string of the molecule is CP(=O)(O)CCC(N)C(=O)O.CS(=O)(=O)NC(=O)c1cc(Oc2ccc(C(F)(F)F)cc2Cl)ccc1[N+](=O)[O-].Cc1nn(-c2cc(CC(Cl)C(=O)O)c(Cl)cc2F)c(=O)n1C(F)F. The Hall–Kier alpha value is -5.24. The number of nitro groups is 1. The van der Waals surface area contributed by atoms with E-state index in [0.29, 0.717) is 23.1 Å². The van der Waals surface area contributed by atoms with Gasteiger partial charge < -0.3 is 25.6 Å². The number of carbonyl (C=O) groups excluding carboxylic acids is 1. The average molecular weight is 1000 g/mol. The van der Waals surface area contributed by atoms with E-state index in [0.717, 1.165) is 43.3 Å². The molecule has 3 atom stereocenters. The number of nitrogens with one attached hydrogen (secondary N) is 1. The van der Waals surface area contributed by atoms with Crippen molar-refractivity contribution in [2.24, 2.45) is 5.73 Å². The van der Waals surface area contributed by atoms with Gasteiger partial charge in [-0.25, -0.2) is 26.9 Å². The lowest BCUT2D eigenvalue weighted by Crippen LogP contribution is -2.30. The van der Waals surface area contributed by atoms with E-state index >= 15 is 0 Å². The summed E-state index contributed by atoms with van der Waals surface area (Å²) in [6.45, 7) is -0.792. The molecule has 0 radical (unpaired) electrons. The predicted molar refractivity (Wildman–Crippen MR) is 213 cm³/mol. The van der Waals surface area contributed by atoms with E-state index in [1.165, 1.54) is 6.66 Å². The minimum atomic E-state index is -4.62. The third kappa shape index (κ3) is 16.4. The zero-order valence-electron chi connectivity index (χ0n) is 32.0. The monoisotopic (exact) mass is 1000 g/mol. The number of aromatic nitrogens is 3. The number of aryl methyl sites for hydroxylation is 1. The topological polar surface area (TPSA) is 293 Å². The third-order valence-electron chi connectivity index (χ3n) is 7.53. The summed E-state index contributed by atoms with van der Waals surface area (Å²) in [5.41, 5.74) is 1.21. The fourth-order valence-electron chi connectivity index (χ4n) is 4.57. The summed E-state index contributed by atoms with van der Waals surface area (Å²) in [7, 11) is -7.10. The molecule has 1 heterocycles. The molecule has 19 nitrogen and oxygen atoms in total. The molecule has 4 rings (SSSR count). The number of carbonyl (C=O) groups is 3. The van der Waals surface area contributed by atoms with Gasteiger partial charge in [-0.1, -0.05) is 23.2 Å². The van der Waals surface area contributed by atoms with Gasteiger partial charge >= 0.3 is 30.4 Å². The summed E-state index contributed by atoms with van der Waals surface area (Å²) >= 11 is 17.2. The first-order chi connectivity index (χ1) is 28.7. The maximum absolute atomic E-state index is 14.1. The van der Waals surface area contributed by atoms with Gasteiger partial charge in [0.15, 0.2) is 13.2 Å². The number of carboxylic acids is 2. The fourth-order valence-corrected chi connectivity index (χ4v) is 6.39. The second-order valence-corrected chi connectivity index (χ2v) is 18.3. The highest BCUT2D eigenvalue weighted by atomic mass is 35.5. The van der Waals surface area contributed by atoms with Crippen molar-refractivity contribution < 1.29 is 78.5 Å². The molecule has 346 valence electrons. The summed E-state index contributed by atoms with van der Waals surface area (Å²) in [6, 6.07) is 5.95. The maximum atomic E-state index is 14.1. The average Bonchev–Trinajstić information content (AvgIpc) is 3.44. The van der Waals surface area contributed by atoms with E-state index in [4.69, 9.17) is 60.4 Å². The molecule has 4 aromatic rings. The second-order valence-electron chi connectivity index (χ2n) is 12.7. The number of carboxylic acid groups (broad SMARTS) is 2. The fraction of sp³-hybridized carbons (Fsp3) is 0.303. The smallest absolute Gasteiger partial charge is 0.416 e. The minimum absolute atomic E-state index is 0.0412. The second kappa shape index (κ2) is 21.9. The lowest BCUT2D eigenvalue weighted by Gasteiger charge is -2.12. The Bertz CT molecular complexity index is 2590. The number of nitrogens with two attached hydrogens (primary N) is 1. The van der Waals surface area contributed by atoms with Gasteiger partial charge in [-0.05, 0) is 55.3 Å². The number of nitro benzene ring substituents is 1. The molecule has 0 bridgehead atoms. The van der Waals surface area contributed by atoms with Crippen LogP contribution in [-0.2, 0) is 36.8 Å². The summed E-state index contributed by atoms with van der Waals surface area (Å²) in [4.78, 5) is 63.8. The first-order valence-electron chi connectivity index (χ1n) is 16.7. The Morgan fingerprint density at radius 3 is 2.13 bits per heavy atom. The molecule has 63 heavy (non-hydrogen) atoms. The lowest BCUT2D eigenvalue weighted by atomic mass is 10.1. The maximum Gasteiger partial charge on any atom is 0.416 e. The molecule has 0 aliphatic carbocycles. The molecule has 1 amide bonds. The number of hydrogen-bond acceptors (Lipinski definition) is 12. The van der Waals surface area contributed by atoms with Gasteiger partial charge in [0.2, 0.25) is 10.0 Å². The Morgan fingerprint density at radius 1 is 1.06 bits per heavy atom. The first kappa shape index (κ1) is 53.9. The summed E-state index contributed by atoms with van der Waals surface area (Å²) in [5.74, 6) is -5.42. The van der Waals surface area contributed by atoms with Crippen LogP contribution in [-0.4, -0.2) is 91.1 Å². The molecule has 3 aromatic carbocycles. The Morgan fingerprint density at radius 2 is 1.67 bits per heavy atom. The van der Waals surface area contributed by atoms with E-state index in [-0.39, 0.29) is 51.5 Å². The number of rotatable bonds is 14. The first-order valence-corrected chi connectivity index (χ1v) is 22.1. The van der Waals surface area contributed by atoms with E-state index in [1.54, 1.807) is 4.72 Å². The number of alkyl halides is 6. The van der Waals surface area contributed by atoms with Crippen molar-refractivity contribution >= 4 is 75.7 Å². The predicted octanol–water partition coefficient (Wildman–Crippen LogP) is 6.20. The van der Waals surface area contributed by atoms with Gasteiger partial charge in [0.1, 0.15) is 40.0 Å². The van der Waals surface area contributed by atoms with Gasteiger partial charge in [0.05, 0.1) is 21.8 Å². The van der Waals surface area contributed by atoms with Gasteiger partial charge in [-0.2, -0.15) is 26.6 Å². The van der Waals surface area contributed by atoms with Crippen LogP contribution < -0.4 is 20.9 Å². The molecule has 0 saturated carbocycles. The highest BCUT2D eigenvalue weighted by Crippen LogP contribution is 2.38. The zero-order chi connectivity index (χ0) is 48.5. The van der Waals surface area contributed by atoms with Crippen molar-refractivity contribution in [3.63, 3.8) is 0 Å². The highest BCUT2D eigenvalue weighted by Gasteiger charge is 2.31. The van der Waals surface area contributed by atoms with Crippen LogP contribution in [0.25, 0.3) is 5.69 Å². The third-order valence-corrected chi connectivity index (χ3v) is 10.2. The lowest BCUT2D eigenvalue weighted by molar-refractivity contribution is -0.385. The van der Waals surface area contributed by atoms with E-state index in [2.05, 4.69) is 5.10 Å². The number of nitrogens with zero attached hydrogens (tertiary/aromatic N) is 4. The number of benzene rings is 3. The van der Waals surface area contributed by atoms with Crippen LogP contribution in [0.2, 0.25) is 10.0 Å². The van der Waals surface area contributed by atoms with E-state index < -0.39 is 103 Å². The van der Waals surface area contributed by atoms with Gasteiger partial charge in [-0.3, -0.25) is 29.1 Å². The summed E-state index contributed by atoms with van der Waals surface area (Å²) in [5, 5.41) is 29.9. The molecule has 0 spiro atoms. The largest absolute Gasteiger partial charge is 0.480 e. The molecule has 30 heteroatoms. The Labute approximate surface area is 365 Å². The molecule has 1 aromatic heterocycles. The number of halogens is 9. The number of amides is 1. The van der Waals surface area contributed by atoms with Crippen LogP contribution in [0.1, 0.15) is 40.3 Å². The molecule has 3 unspecified atom stereocenters. The van der Waals surface area contributed by atoms with E-state index in [1.807, 2.05) is 0 Å². The van der Waals surface area contributed by atoms with Crippen LogP contribution in [0.5, 0.6) is 11.5 Å². The quantitative estimate of drug-likeness (QED) is 0.0309. The van der Waals surface area contributed by atoms with Crippen molar-refractivity contribution in [3.05, 3.63) is 108 Å². The van der Waals surface area contributed by atoms with Crippen LogP contribution in [0.3, 0.4) is 0 Å². The van der Waals surface area contributed by atoms with Gasteiger partial charge in [0.25, 0.3) is 11.6 Å². The molecule has 0 fully saturated rings. The standard InChI is InChI=1S/C15H10ClF3N2O6S.C13H10Cl2F3N3O3.C5H12NO4P/c1-28(25,26)20-14(22)10-7-9(3-4-12(10)21(23)24)27-13-5-2-8(6-11(13)16)15(17,18)19;1-5-19-21(13(24)20(5)12(17)18)10-3-6(2-8(15)11(22)23)7(14)4-9(10)16;1-11(9,10)3-2-4(6)5(7)8/h2-7H,1H3,(H,20,22);3-4,8,12H,2H2,1H3,(H,22,23);4H,2-3,6H2,1H3,(H,7,8)(H,9,10). The number of aliphatic carboxylic acids is 2. The van der Waals surface area contributed by atoms with Crippen LogP contribution in [0.4, 0.5) is 32.0 Å². The molecule has 0 saturated heterocycles. The molecular weight excluding hydrogens is 972 g/mol. The number of ether oxygens (including phenoxy) is 1. The molecule has 0 aliphatic rings. The van der Waals surface area contributed by atoms with Crippen molar-refractivity contribution in [1.82, 2.24) is 19.1 Å². The summed E-state index contributed by atoms with van der Waals surface area (Å²) in [6.07, 6.45) is -4.20. The highest BCUT2D eigenvalue weighted by molar-refractivity contribution is 7.89. The number of hydrogen-bond donors (Lipinski definition) is 5. The molecular formula is C33H32Cl3F6N6O13PS. The van der Waals surface area contributed by atoms with Crippen molar-refractivity contribution in [1.29, 1.82) is 0 Å².